The zero-order valence-electron chi connectivity index (χ0n) is 14.2. The average Bonchev–Trinajstić information content (AvgIpc) is 2.97. The van der Waals surface area contributed by atoms with Gasteiger partial charge in [0.2, 0.25) is 5.78 Å². The van der Waals surface area contributed by atoms with Gasteiger partial charge < -0.3 is 10.6 Å². The number of rotatable bonds is 7. The molecule has 0 bridgehead atoms. The van der Waals surface area contributed by atoms with Crippen LogP contribution in [0.25, 0.3) is 0 Å². The molecule has 0 radical (unpaired) electrons. The van der Waals surface area contributed by atoms with Gasteiger partial charge in [0.1, 0.15) is 10.6 Å². The molecule has 8 heteroatoms. The minimum Gasteiger partial charge on any atom is -0.364 e. The molecule has 24 heavy (non-hydrogen) atoms. The summed E-state index contributed by atoms with van der Waals surface area (Å²) in [6.07, 6.45) is 2.32. The van der Waals surface area contributed by atoms with Crippen LogP contribution in [0.3, 0.4) is 0 Å². The molecule has 0 saturated heterocycles. The number of aliphatic imine (C=N–C) groups is 1. The lowest BCUT2D eigenvalue weighted by molar-refractivity contribution is 0.0916. The molecule has 1 unspecified atom stereocenters. The number of hydrogen-bond donors (Lipinski definition) is 1. The number of carbonyl (C=O) groups is 3. The zero-order valence-corrected chi connectivity index (χ0v) is 15.0. The van der Waals surface area contributed by atoms with Crippen molar-refractivity contribution in [3.8, 4) is 0 Å². The van der Waals surface area contributed by atoms with Crippen molar-refractivity contribution < 1.29 is 14.4 Å². The molecule has 1 aliphatic rings. The number of nitrogens with two attached hydrogens (primary N) is 1. The highest BCUT2D eigenvalue weighted by Gasteiger charge is 2.41. The summed E-state index contributed by atoms with van der Waals surface area (Å²) in [5.74, 6) is -1.81. The molecular weight excluding hydrogens is 328 g/mol. The van der Waals surface area contributed by atoms with Gasteiger partial charge in [0, 0.05) is 6.54 Å². The fourth-order valence-electron chi connectivity index (χ4n) is 2.54. The minimum absolute atomic E-state index is 0.00881. The van der Waals surface area contributed by atoms with Gasteiger partial charge in [-0.25, -0.2) is 4.98 Å². The lowest BCUT2D eigenvalue weighted by atomic mass is 9.83. The Labute approximate surface area is 145 Å². The van der Waals surface area contributed by atoms with Crippen molar-refractivity contribution in [1.29, 1.82) is 0 Å². The Kier molecular flexibility index (Phi) is 5.95. The fraction of sp³-hybridized carbons (Fsp3) is 0.562. The van der Waals surface area contributed by atoms with Crippen molar-refractivity contribution in [3.05, 3.63) is 15.6 Å². The average molecular weight is 350 g/mol. The highest BCUT2D eigenvalue weighted by atomic mass is 32.1. The normalized spacial score (nSPS) is 19.2. The van der Waals surface area contributed by atoms with Crippen LogP contribution in [0.5, 0.6) is 0 Å². The summed E-state index contributed by atoms with van der Waals surface area (Å²) in [7, 11) is 3.83. The van der Waals surface area contributed by atoms with Crippen LogP contribution in [0.2, 0.25) is 0 Å². The van der Waals surface area contributed by atoms with E-state index < -0.39 is 11.8 Å². The van der Waals surface area contributed by atoms with Crippen LogP contribution in [0.15, 0.2) is 4.99 Å². The number of Topliss-reactive ketones (excluding diaryl/α,β-unsaturated/α-hetero) is 2. The van der Waals surface area contributed by atoms with Gasteiger partial charge in [-0.05, 0) is 20.5 Å². The Bertz CT molecular complexity index is 693. The number of primary amides is 1. The van der Waals surface area contributed by atoms with Crippen LogP contribution in [0.1, 0.15) is 56.1 Å². The van der Waals surface area contributed by atoms with E-state index in [2.05, 4.69) is 9.98 Å². The topological polar surface area (TPSA) is 106 Å². The second-order valence-electron chi connectivity index (χ2n) is 6.02. The summed E-state index contributed by atoms with van der Waals surface area (Å²) in [5.41, 5.74) is 5.52. The number of likely N-dealkylation sites (N-methyl/N-ethyl adjacent to an activating group) is 1. The Morgan fingerprint density at radius 3 is 2.67 bits per heavy atom. The number of ketones is 2. The van der Waals surface area contributed by atoms with E-state index in [1.165, 1.54) is 0 Å². The summed E-state index contributed by atoms with van der Waals surface area (Å²) in [4.78, 5) is 47.4. The van der Waals surface area contributed by atoms with Gasteiger partial charge in [0.05, 0.1) is 18.2 Å². The number of unbranched alkanes of at least 4 members (excludes halogenated alkanes) is 1. The second kappa shape index (κ2) is 7.76. The van der Waals surface area contributed by atoms with Crippen molar-refractivity contribution in [2.45, 2.75) is 26.2 Å². The van der Waals surface area contributed by atoms with E-state index in [4.69, 9.17) is 5.73 Å². The number of nitrogens with zero attached hydrogens (tertiary/aromatic N) is 3. The van der Waals surface area contributed by atoms with E-state index in [1.807, 2.05) is 25.9 Å². The van der Waals surface area contributed by atoms with Crippen LogP contribution < -0.4 is 5.73 Å². The third kappa shape index (κ3) is 3.76. The van der Waals surface area contributed by atoms with Crippen molar-refractivity contribution in [3.63, 3.8) is 0 Å². The molecule has 2 rings (SSSR count). The third-order valence-corrected chi connectivity index (χ3v) is 4.92. The first-order valence-electron chi connectivity index (χ1n) is 7.95. The lowest BCUT2D eigenvalue weighted by Gasteiger charge is -2.21. The molecule has 0 saturated carbocycles. The Morgan fingerprint density at radius 2 is 2.08 bits per heavy atom. The summed E-state index contributed by atoms with van der Waals surface area (Å²) in [6, 6.07) is 0. The first-order chi connectivity index (χ1) is 11.4. The first kappa shape index (κ1) is 18.4. The van der Waals surface area contributed by atoms with E-state index in [0.29, 0.717) is 19.5 Å². The van der Waals surface area contributed by atoms with Crippen molar-refractivity contribution >= 4 is 34.5 Å². The van der Waals surface area contributed by atoms with E-state index in [9.17, 15) is 14.4 Å². The maximum atomic E-state index is 12.8. The van der Waals surface area contributed by atoms with Gasteiger partial charge in [-0.3, -0.25) is 19.4 Å². The predicted octanol–water partition coefficient (Wildman–Crippen LogP) is 1.43. The number of fused-ring (bicyclic) bond motifs is 1. The minimum atomic E-state index is -0.730. The molecule has 1 aromatic rings. The number of amides is 1. The predicted molar refractivity (Wildman–Crippen MR) is 93.2 cm³/mol. The molecule has 0 spiro atoms. The number of hydrogen-bond acceptors (Lipinski definition) is 7. The summed E-state index contributed by atoms with van der Waals surface area (Å²) >= 11 is 0.904. The van der Waals surface area contributed by atoms with E-state index in [1.54, 1.807) is 0 Å². The Hall–Kier alpha value is -1.93. The number of carbonyl (C=O) groups excluding carboxylic acids is 3. The molecule has 130 valence electrons. The van der Waals surface area contributed by atoms with Crippen molar-refractivity contribution in [2.24, 2.45) is 16.6 Å². The Balaban J connectivity index is 2.41. The van der Waals surface area contributed by atoms with Gasteiger partial charge >= 0.3 is 0 Å². The largest absolute Gasteiger partial charge is 0.364 e. The van der Waals surface area contributed by atoms with E-state index in [-0.39, 0.29) is 32.9 Å². The first-order valence-corrected chi connectivity index (χ1v) is 8.77. The van der Waals surface area contributed by atoms with Gasteiger partial charge in [-0.15, -0.1) is 11.3 Å². The number of thiazole rings is 1. The quantitative estimate of drug-likeness (QED) is 0.801. The van der Waals surface area contributed by atoms with Crippen LogP contribution >= 0.6 is 11.3 Å². The third-order valence-electron chi connectivity index (χ3n) is 3.83. The summed E-state index contributed by atoms with van der Waals surface area (Å²) < 4.78 is 0. The van der Waals surface area contributed by atoms with Crippen LogP contribution in [-0.4, -0.2) is 60.3 Å². The molecular formula is C16H22N4O3S. The Morgan fingerprint density at radius 1 is 1.38 bits per heavy atom. The standard InChI is InChI=1S/C16H22N4O3S/c1-4-5-6-9-10(18-7-8-20(2)3)13(22)11-14(12(9)21)24-16(19-11)15(17)23/h9H,4-8H2,1-3H3,(H2,17,23). The molecule has 1 atom stereocenters. The van der Waals surface area contributed by atoms with E-state index >= 15 is 0 Å². The monoisotopic (exact) mass is 350 g/mol. The molecule has 2 N–H and O–H groups in total. The van der Waals surface area contributed by atoms with Crippen LogP contribution in [0.4, 0.5) is 0 Å². The van der Waals surface area contributed by atoms with Crippen molar-refractivity contribution in [2.75, 3.05) is 27.2 Å². The highest BCUT2D eigenvalue weighted by Crippen LogP contribution is 2.31. The second-order valence-corrected chi connectivity index (χ2v) is 7.02. The maximum absolute atomic E-state index is 12.8. The lowest BCUT2D eigenvalue weighted by Crippen LogP contribution is -2.37. The summed E-state index contributed by atoms with van der Waals surface area (Å²) in [6.45, 7) is 3.15. The molecule has 0 fully saturated rings. The molecule has 1 heterocycles. The molecule has 0 aromatic carbocycles. The molecule has 1 amide bonds. The van der Waals surface area contributed by atoms with Gasteiger partial charge in [-0.1, -0.05) is 19.8 Å². The highest BCUT2D eigenvalue weighted by molar-refractivity contribution is 7.16. The van der Waals surface area contributed by atoms with Crippen molar-refractivity contribution in [1.82, 2.24) is 9.88 Å². The van der Waals surface area contributed by atoms with Gasteiger partial charge in [0.25, 0.3) is 5.91 Å². The molecule has 7 nitrogen and oxygen atoms in total. The summed E-state index contributed by atoms with van der Waals surface area (Å²) in [5, 5.41) is -0.00881. The molecule has 0 aliphatic heterocycles. The maximum Gasteiger partial charge on any atom is 0.277 e. The molecule has 1 aromatic heterocycles. The van der Waals surface area contributed by atoms with Crippen LogP contribution in [-0.2, 0) is 0 Å². The number of aromatic nitrogens is 1. The fourth-order valence-corrected chi connectivity index (χ4v) is 3.45. The van der Waals surface area contributed by atoms with Crippen LogP contribution in [0, 0.1) is 5.92 Å². The smallest absolute Gasteiger partial charge is 0.277 e. The zero-order chi connectivity index (χ0) is 17.9. The molecule has 1 aliphatic carbocycles. The van der Waals surface area contributed by atoms with Gasteiger partial charge in [-0.2, -0.15) is 0 Å². The van der Waals surface area contributed by atoms with Gasteiger partial charge in [0.15, 0.2) is 10.8 Å². The van der Waals surface area contributed by atoms with E-state index in [0.717, 1.165) is 24.2 Å². The SMILES string of the molecule is CCCCC1C(=O)c2sc(C(N)=O)nc2C(=O)C1=NCCN(C)C.